The topological polar surface area (TPSA) is 63.2 Å². The monoisotopic (exact) mass is 387 g/mol. The van der Waals surface area contributed by atoms with Crippen molar-refractivity contribution < 1.29 is 9.53 Å². The molecule has 0 radical (unpaired) electrons. The Morgan fingerprint density at radius 1 is 1.19 bits per heavy atom. The van der Waals surface area contributed by atoms with Gasteiger partial charge in [-0.3, -0.25) is 0 Å². The summed E-state index contributed by atoms with van der Waals surface area (Å²) in [5, 5.41) is 8.15. The van der Waals surface area contributed by atoms with E-state index in [1.54, 1.807) is 0 Å². The molecule has 2 aromatic rings. The summed E-state index contributed by atoms with van der Waals surface area (Å²) < 4.78 is 5.37. The van der Waals surface area contributed by atoms with E-state index in [9.17, 15) is 4.79 Å². The normalized spacial score (nSPS) is 22.5. The van der Waals surface area contributed by atoms with Crippen molar-refractivity contribution in [1.29, 1.82) is 0 Å². The van der Waals surface area contributed by atoms with E-state index in [4.69, 9.17) is 4.74 Å². The third-order valence-electron chi connectivity index (χ3n) is 5.41. The number of hydrogen-bond acceptors (Lipinski definition) is 5. The zero-order valence-corrected chi connectivity index (χ0v) is 17.2. The van der Waals surface area contributed by atoms with Crippen LogP contribution in [0.1, 0.15) is 63.3 Å². The molecule has 1 fully saturated rings. The predicted octanol–water partition coefficient (Wildman–Crippen LogP) is 5.03. The van der Waals surface area contributed by atoms with Crippen LogP contribution in [0.4, 0.5) is 10.5 Å². The van der Waals surface area contributed by atoms with E-state index >= 15 is 0 Å². The van der Waals surface area contributed by atoms with Gasteiger partial charge in [-0.2, -0.15) is 0 Å². The third-order valence-corrected chi connectivity index (χ3v) is 6.61. The summed E-state index contributed by atoms with van der Waals surface area (Å²) in [6.07, 6.45) is 9.34. The van der Waals surface area contributed by atoms with Crippen LogP contribution in [0.2, 0.25) is 0 Å². The van der Waals surface area contributed by atoms with Gasteiger partial charge in [0.2, 0.25) is 0 Å². The maximum Gasteiger partial charge on any atom is 0.407 e. The Morgan fingerprint density at radius 2 is 1.93 bits per heavy atom. The fourth-order valence-electron chi connectivity index (χ4n) is 4.22. The van der Waals surface area contributed by atoms with Crippen LogP contribution >= 0.6 is 11.3 Å². The number of hydrogen-bond donors (Lipinski definition) is 2. The standard InChI is InChI=1S/C21H29N3O2S/c1-21(2,3)26-20(25)24-14-9-7-13(8-10-14)23-16-11-12-22-19-18(16)15-5-4-6-17(15)27-19/h11-14H,4-10H2,1-3H3,(H,22,23)(H,24,25). The van der Waals surface area contributed by atoms with Crippen LogP contribution in [-0.4, -0.2) is 28.8 Å². The van der Waals surface area contributed by atoms with Gasteiger partial charge in [-0.1, -0.05) is 0 Å². The molecule has 2 heterocycles. The van der Waals surface area contributed by atoms with Crippen LogP contribution in [0, 0.1) is 0 Å². The van der Waals surface area contributed by atoms with Gasteiger partial charge in [-0.05, 0) is 77.3 Å². The van der Waals surface area contributed by atoms with E-state index in [0.717, 1.165) is 25.7 Å². The average Bonchev–Trinajstić information content (AvgIpc) is 3.16. The lowest BCUT2D eigenvalue weighted by Crippen LogP contribution is -2.42. The number of ether oxygens (including phenoxy) is 1. The first-order valence-electron chi connectivity index (χ1n) is 10.0. The molecule has 0 unspecified atom stereocenters. The van der Waals surface area contributed by atoms with E-state index in [-0.39, 0.29) is 12.1 Å². The molecule has 27 heavy (non-hydrogen) atoms. The smallest absolute Gasteiger partial charge is 0.407 e. The highest BCUT2D eigenvalue weighted by molar-refractivity contribution is 7.19. The Labute approximate surface area is 164 Å². The second kappa shape index (κ2) is 7.30. The van der Waals surface area contributed by atoms with E-state index in [1.165, 1.54) is 45.6 Å². The molecule has 2 aliphatic rings. The van der Waals surface area contributed by atoms with Crippen LogP contribution in [0.15, 0.2) is 12.3 Å². The van der Waals surface area contributed by atoms with Gasteiger partial charge in [0.1, 0.15) is 10.4 Å². The number of carbonyl (C=O) groups excluding carboxylic acids is 1. The average molecular weight is 388 g/mol. The summed E-state index contributed by atoms with van der Waals surface area (Å²) in [7, 11) is 0. The van der Waals surface area contributed by atoms with Crippen molar-refractivity contribution in [2.24, 2.45) is 0 Å². The SMILES string of the molecule is CC(C)(C)OC(=O)NC1CCC(Nc2ccnc3sc4c(c23)CCC4)CC1. The molecule has 146 valence electrons. The summed E-state index contributed by atoms with van der Waals surface area (Å²) >= 11 is 1.86. The highest BCUT2D eigenvalue weighted by Gasteiger charge is 2.26. The lowest BCUT2D eigenvalue weighted by Gasteiger charge is -2.31. The molecule has 2 N–H and O–H groups in total. The number of thiophene rings is 1. The molecule has 1 amide bonds. The first kappa shape index (κ1) is 18.5. The minimum atomic E-state index is -0.448. The number of amides is 1. The van der Waals surface area contributed by atoms with Gasteiger partial charge in [0.05, 0.1) is 0 Å². The molecule has 0 aliphatic heterocycles. The molecule has 4 rings (SSSR count). The van der Waals surface area contributed by atoms with Crippen LogP contribution in [-0.2, 0) is 17.6 Å². The highest BCUT2D eigenvalue weighted by atomic mass is 32.1. The lowest BCUT2D eigenvalue weighted by molar-refractivity contribution is 0.0492. The van der Waals surface area contributed by atoms with Crippen LogP contribution < -0.4 is 10.6 Å². The molecule has 2 aliphatic carbocycles. The van der Waals surface area contributed by atoms with E-state index in [1.807, 2.05) is 38.3 Å². The van der Waals surface area contributed by atoms with Crippen molar-refractivity contribution in [3.05, 3.63) is 22.7 Å². The molecule has 1 saturated carbocycles. The van der Waals surface area contributed by atoms with Gasteiger partial charge < -0.3 is 15.4 Å². The van der Waals surface area contributed by atoms with Crippen LogP contribution in [0.3, 0.4) is 0 Å². The number of carbonyl (C=O) groups is 1. The van der Waals surface area contributed by atoms with Gasteiger partial charge >= 0.3 is 6.09 Å². The predicted molar refractivity (Wildman–Crippen MR) is 111 cm³/mol. The van der Waals surface area contributed by atoms with Crippen LogP contribution in [0.25, 0.3) is 10.2 Å². The van der Waals surface area contributed by atoms with Crippen molar-refractivity contribution in [1.82, 2.24) is 10.3 Å². The van der Waals surface area contributed by atoms with Gasteiger partial charge in [0.25, 0.3) is 0 Å². The minimum absolute atomic E-state index is 0.209. The Hall–Kier alpha value is -1.82. The molecule has 0 atom stereocenters. The second-order valence-electron chi connectivity index (χ2n) is 8.74. The fraction of sp³-hybridized carbons (Fsp3) is 0.619. The van der Waals surface area contributed by atoms with Crippen molar-refractivity contribution >= 4 is 33.3 Å². The summed E-state index contributed by atoms with van der Waals surface area (Å²) in [6.45, 7) is 5.68. The minimum Gasteiger partial charge on any atom is -0.444 e. The summed E-state index contributed by atoms with van der Waals surface area (Å²) in [4.78, 5) is 19.3. The maximum absolute atomic E-state index is 12.0. The third kappa shape index (κ3) is 4.21. The van der Waals surface area contributed by atoms with Gasteiger partial charge in [0, 0.05) is 34.2 Å². The van der Waals surface area contributed by atoms with E-state index in [0.29, 0.717) is 6.04 Å². The number of fused-ring (bicyclic) bond motifs is 3. The number of nitrogens with one attached hydrogen (secondary N) is 2. The number of anilines is 1. The molecule has 0 spiro atoms. The van der Waals surface area contributed by atoms with Crippen molar-refractivity contribution in [2.45, 2.75) is 83.4 Å². The number of rotatable bonds is 3. The van der Waals surface area contributed by atoms with Gasteiger partial charge in [0.15, 0.2) is 0 Å². The number of aryl methyl sites for hydroxylation is 2. The largest absolute Gasteiger partial charge is 0.444 e. The fourth-order valence-corrected chi connectivity index (χ4v) is 5.47. The molecular formula is C21H29N3O2S. The lowest BCUT2D eigenvalue weighted by atomic mass is 9.91. The Balaban J connectivity index is 1.36. The van der Waals surface area contributed by atoms with Crippen LogP contribution in [0.5, 0.6) is 0 Å². The number of alkyl carbamates (subject to hydrolysis) is 1. The van der Waals surface area contributed by atoms with Crippen molar-refractivity contribution in [3.8, 4) is 0 Å². The van der Waals surface area contributed by atoms with Crippen molar-refractivity contribution in [3.63, 3.8) is 0 Å². The maximum atomic E-state index is 12.0. The van der Waals surface area contributed by atoms with E-state index in [2.05, 4.69) is 21.7 Å². The first-order chi connectivity index (χ1) is 12.9. The zero-order chi connectivity index (χ0) is 19.0. The Morgan fingerprint density at radius 3 is 2.67 bits per heavy atom. The molecule has 0 bridgehead atoms. The number of nitrogens with zero attached hydrogens (tertiary/aromatic N) is 1. The van der Waals surface area contributed by atoms with Gasteiger partial charge in [-0.25, -0.2) is 9.78 Å². The summed E-state index contributed by atoms with van der Waals surface area (Å²) in [5.74, 6) is 0. The van der Waals surface area contributed by atoms with E-state index < -0.39 is 5.60 Å². The second-order valence-corrected chi connectivity index (χ2v) is 9.82. The Kier molecular flexibility index (Phi) is 5.01. The first-order valence-corrected chi connectivity index (χ1v) is 10.9. The molecule has 2 aromatic heterocycles. The van der Waals surface area contributed by atoms with Crippen molar-refractivity contribution in [2.75, 3.05) is 5.32 Å². The molecule has 5 nitrogen and oxygen atoms in total. The zero-order valence-electron chi connectivity index (χ0n) is 16.4. The molecule has 0 saturated heterocycles. The molecular weight excluding hydrogens is 358 g/mol. The Bertz CT molecular complexity index is 832. The summed E-state index contributed by atoms with van der Waals surface area (Å²) in [5.41, 5.74) is 2.31. The molecule has 6 heteroatoms. The number of pyridine rings is 1. The van der Waals surface area contributed by atoms with Gasteiger partial charge in [-0.15, -0.1) is 11.3 Å². The number of aromatic nitrogens is 1. The summed E-state index contributed by atoms with van der Waals surface area (Å²) in [6, 6.07) is 2.78. The highest BCUT2D eigenvalue weighted by Crippen LogP contribution is 2.40. The quantitative estimate of drug-likeness (QED) is 0.775. The molecule has 0 aromatic carbocycles.